The monoisotopic (exact) mass is 277 g/mol. The first kappa shape index (κ1) is 12.0. The zero-order valence-electron chi connectivity index (χ0n) is 10.2. The Bertz CT molecular complexity index is 602. The van der Waals surface area contributed by atoms with Crippen molar-refractivity contribution in [1.29, 1.82) is 0 Å². The van der Waals surface area contributed by atoms with Crippen LogP contribution >= 0.6 is 23.6 Å². The molecular formula is C13H15N3S2. The molecule has 0 saturated heterocycles. The number of rotatable bonds is 3. The number of nitrogens with zero attached hydrogens (tertiary/aromatic N) is 3. The van der Waals surface area contributed by atoms with Crippen LogP contribution in [-0.2, 0) is 13.1 Å². The van der Waals surface area contributed by atoms with Gasteiger partial charge in [0.25, 0.3) is 0 Å². The zero-order valence-corrected chi connectivity index (χ0v) is 11.9. The third kappa shape index (κ3) is 2.13. The smallest absolute Gasteiger partial charge is 0.180 e. The second-order valence-electron chi connectivity index (χ2n) is 4.66. The van der Waals surface area contributed by atoms with Gasteiger partial charge in [-0.3, -0.25) is 4.90 Å². The zero-order chi connectivity index (χ0) is 12.5. The molecule has 0 amide bonds. The fraction of sp³-hybridized carbons (Fsp3) is 0.385. The quantitative estimate of drug-likeness (QED) is 0.804. The van der Waals surface area contributed by atoms with E-state index in [0.29, 0.717) is 6.04 Å². The molecule has 3 rings (SSSR count). The summed E-state index contributed by atoms with van der Waals surface area (Å²) < 4.78 is 2.73. The molecule has 1 aliphatic rings. The maximum Gasteiger partial charge on any atom is 0.180 e. The molecule has 0 fully saturated rings. The normalized spacial score (nSPS) is 18.2. The lowest BCUT2D eigenvalue weighted by Gasteiger charge is -2.24. The van der Waals surface area contributed by atoms with Gasteiger partial charge in [0.2, 0.25) is 0 Å². The highest BCUT2D eigenvalue weighted by atomic mass is 32.1. The molecule has 0 N–H and O–H groups in total. The van der Waals surface area contributed by atoms with Gasteiger partial charge < -0.3 is 0 Å². The maximum absolute atomic E-state index is 5.25. The molecule has 3 nitrogen and oxygen atoms in total. The van der Waals surface area contributed by atoms with Crippen molar-refractivity contribution >= 4 is 23.6 Å². The van der Waals surface area contributed by atoms with Crippen molar-refractivity contribution in [3.05, 3.63) is 44.9 Å². The molecule has 1 aliphatic carbocycles. The van der Waals surface area contributed by atoms with Gasteiger partial charge in [0.05, 0.1) is 6.67 Å². The summed E-state index contributed by atoms with van der Waals surface area (Å²) in [4.78, 5) is 2.33. The van der Waals surface area contributed by atoms with Crippen LogP contribution in [0.3, 0.4) is 0 Å². The SMILES string of the molecule is CN(Cn1ncsc1=S)[C@H]1CCc2ccccc21. The summed E-state index contributed by atoms with van der Waals surface area (Å²) >= 11 is 6.76. The minimum absolute atomic E-state index is 0.491. The predicted molar refractivity (Wildman–Crippen MR) is 76.2 cm³/mol. The molecule has 0 aliphatic heterocycles. The lowest BCUT2D eigenvalue weighted by Crippen LogP contribution is -2.26. The Morgan fingerprint density at radius 1 is 1.50 bits per heavy atom. The number of fused-ring (bicyclic) bond motifs is 1. The number of aryl methyl sites for hydroxylation is 1. The van der Waals surface area contributed by atoms with E-state index < -0.39 is 0 Å². The van der Waals surface area contributed by atoms with Crippen LogP contribution < -0.4 is 0 Å². The fourth-order valence-corrected chi connectivity index (χ4v) is 3.34. The van der Waals surface area contributed by atoms with E-state index in [1.54, 1.807) is 5.51 Å². The van der Waals surface area contributed by atoms with Gasteiger partial charge in [-0.05, 0) is 43.2 Å². The minimum atomic E-state index is 0.491. The van der Waals surface area contributed by atoms with Gasteiger partial charge in [-0.25, -0.2) is 4.68 Å². The lowest BCUT2D eigenvalue weighted by atomic mass is 10.1. The van der Waals surface area contributed by atoms with Crippen LogP contribution in [0.25, 0.3) is 0 Å². The number of hydrogen-bond acceptors (Lipinski definition) is 4. The summed E-state index contributed by atoms with van der Waals surface area (Å²) in [6.07, 6.45) is 2.36. The van der Waals surface area contributed by atoms with E-state index in [9.17, 15) is 0 Å². The third-order valence-corrected chi connectivity index (χ3v) is 4.65. The molecule has 0 saturated carbocycles. The van der Waals surface area contributed by atoms with E-state index in [-0.39, 0.29) is 0 Å². The van der Waals surface area contributed by atoms with Crippen LogP contribution in [0.1, 0.15) is 23.6 Å². The summed E-state index contributed by atoms with van der Waals surface area (Å²) in [5.41, 5.74) is 4.75. The lowest BCUT2D eigenvalue weighted by molar-refractivity contribution is 0.182. The van der Waals surface area contributed by atoms with Gasteiger partial charge in [0.1, 0.15) is 5.51 Å². The van der Waals surface area contributed by atoms with Gasteiger partial charge in [0.15, 0.2) is 3.95 Å². The van der Waals surface area contributed by atoms with Crippen molar-refractivity contribution < 1.29 is 0 Å². The third-order valence-electron chi connectivity index (χ3n) is 3.54. The molecule has 1 aromatic carbocycles. The first-order valence-electron chi connectivity index (χ1n) is 6.04. The van der Waals surface area contributed by atoms with Gasteiger partial charge >= 0.3 is 0 Å². The Hall–Kier alpha value is -1.04. The maximum atomic E-state index is 5.25. The molecule has 0 radical (unpaired) electrons. The van der Waals surface area contributed by atoms with Crippen LogP contribution in [0.5, 0.6) is 0 Å². The van der Waals surface area contributed by atoms with Crippen LogP contribution in [-0.4, -0.2) is 21.7 Å². The predicted octanol–water partition coefficient (Wildman–Crippen LogP) is 3.25. The van der Waals surface area contributed by atoms with Crippen LogP contribution in [0.15, 0.2) is 29.8 Å². The van der Waals surface area contributed by atoms with E-state index in [1.807, 2.05) is 4.68 Å². The Kier molecular flexibility index (Phi) is 3.28. The van der Waals surface area contributed by atoms with E-state index in [4.69, 9.17) is 12.2 Å². The minimum Gasteiger partial charge on any atom is -0.280 e. The van der Waals surface area contributed by atoms with Crippen LogP contribution in [0.4, 0.5) is 0 Å². The molecule has 5 heteroatoms. The Morgan fingerprint density at radius 3 is 3.11 bits per heavy atom. The van der Waals surface area contributed by atoms with Crippen molar-refractivity contribution in [2.75, 3.05) is 7.05 Å². The van der Waals surface area contributed by atoms with E-state index in [0.717, 1.165) is 10.6 Å². The summed E-state index contributed by atoms with van der Waals surface area (Å²) in [6, 6.07) is 9.21. The van der Waals surface area contributed by atoms with Gasteiger partial charge in [-0.1, -0.05) is 35.6 Å². The number of aromatic nitrogens is 2. The van der Waals surface area contributed by atoms with E-state index in [1.165, 1.54) is 35.3 Å². The molecule has 0 bridgehead atoms. The van der Waals surface area contributed by atoms with Crippen molar-refractivity contribution in [3.63, 3.8) is 0 Å². The highest BCUT2D eigenvalue weighted by molar-refractivity contribution is 7.73. The molecule has 1 heterocycles. The molecule has 1 aromatic heterocycles. The molecule has 18 heavy (non-hydrogen) atoms. The van der Waals surface area contributed by atoms with E-state index in [2.05, 4.69) is 41.3 Å². The standard InChI is InChI=1S/C13H15N3S2/c1-15(9-16-13(17)18-8-14-16)12-7-6-10-4-2-3-5-11(10)12/h2-5,8,12H,6-7,9H2,1H3/t12-/m0/s1. The van der Waals surface area contributed by atoms with Gasteiger partial charge in [-0.15, -0.1) is 0 Å². The molecule has 0 unspecified atom stereocenters. The van der Waals surface area contributed by atoms with E-state index >= 15 is 0 Å². The molecule has 1 atom stereocenters. The van der Waals surface area contributed by atoms with Gasteiger partial charge in [-0.2, -0.15) is 5.10 Å². The first-order chi connectivity index (χ1) is 8.75. The molecule has 0 spiro atoms. The average molecular weight is 277 g/mol. The Labute approximate surface area is 116 Å². The molecule has 2 aromatic rings. The summed E-state index contributed by atoms with van der Waals surface area (Å²) in [7, 11) is 2.15. The summed E-state index contributed by atoms with van der Waals surface area (Å²) in [5, 5.41) is 4.27. The highest BCUT2D eigenvalue weighted by Crippen LogP contribution is 2.34. The van der Waals surface area contributed by atoms with Crippen molar-refractivity contribution in [2.45, 2.75) is 25.6 Å². The van der Waals surface area contributed by atoms with Crippen molar-refractivity contribution in [1.82, 2.24) is 14.7 Å². The second kappa shape index (κ2) is 4.91. The topological polar surface area (TPSA) is 21.1 Å². The summed E-state index contributed by atoms with van der Waals surface area (Å²) in [6.45, 7) is 0.765. The molecule has 94 valence electrons. The van der Waals surface area contributed by atoms with Crippen molar-refractivity contribution in [2.24, 2.45) is 0 Å². The first-order valence-corrected chi connectivity index (χ1v) is 7.33. The van der Waals surface area contributed by atoms with Gasteiger partial charge in [0, 0.05) is 6.04 Å². The average Bonchev–Trinajstić information content (AvgIpc) is 2.96. The van der Waals surface area contributed by atoms with Crippen molar-refractivity contribution in [3.8, 4) is 0 Å². The number of benzene rings is 1. The highest BCUT2D eigenvalue weighted by Gasteiger charge is 2.25. The van der Waals surface area contributed by atoms with Crippen LogP contribution in [0.2, 0.25) is 0 Å². The van der Waals surface area contributed by atoms with Crippen LogP contribution in [0, 0.1) is 3.95 Å². The Balaban J connectivity index is 1.81. The second-order valence-corrected chi connectivity index (χ2v) is 6.13. The fourth-order valence-electron chi connectivity index (χ4n) is 2.63. The summed E-state index contributed by atoms with van der Waals surface area (Å²) in [5.74, 6) is 0. The largest absolute Gasteiger partial charge is 0.280 e. The molecular weight excluding hydrogens is 262 g/mol. The number of hydrogen-bond donors (Lipinski definition) is 0. The Morgan fingerprint density at radius 2 is 2.33 bits per heavy atom.